The van der Waals surface area contributed by atoms with E-state index >= 15 is 0 Å². The predicted octanol–water partition coefficient (Wildman–Crippen LogP) is 1.53. The first kappa shape index (κ1) is 18.8. The van der Waals surface area contributed by atoms with Gasteiger partial charge in [0.05, 0.1) is 6.04 Å². The summed E-state index contributed by atoms with van der Waals surface area (Å²) < 4.78 is 0. The summed E-state index contributed by atoms with van der Waals surface area (Å²) >= 11 is 1.72. The van der Waals surface area contributed by atoms with E-state index in [1.807, 2.05) is 25.1 Å². The minimum atomic E-state index is -0.106. The topological polar surface area (TPSA) is 70.2 Å². The van der Waals surface area contributed by atoms with E-state index in [2.05, 4.69) is 16.0 Å². The third-order valence-electron chi connectivity index (χ3n) is 3.22. The van der Waals surface area contributed by atoms with Crippen LogP contribution in [0.3, 0.4) is 0 Å². The fourth-order valence-electron chi connectivity index (χ4n) is 2.04. The van der Waals surface area contributed by atoms with E-state index in [4.69, 9.17) is 0 Å². The fraction of sp³-hybridized carbons (Fsp3) is 0.467. The van der Waals surface area contributed by atoms with Crippen LogP contribution >= 0.6 is 24.2 Å². The van der Waals surface area contributed by atoms with Crippen molar-refractivity contribution in [2.45, 2.75) is 25.9 Å². The van der Waals surface area contributed by atoms with E-state index in [1.165, 1.54) is 0 Å². The van der Waals surface area contributed by atoms with E-state index in [1.54, 1.807) is 17.8 Å². The second kappa shape index (κ2) is 9.71. The smallest absolute Gasteiger partial charge is 0.251 e. The van der Waals surface area contributed by atoms with Crippen molar-refractivity contribution in [2.75, 3.05) is 18.2 Å². The number of carbonyl (C=O) groups is 2. The molecule has 0 aliphatic carbocycles. The molecule has 1 atom stereocenters. The molecule has 7 heteroatoms. The van der Waals surface area contributed by atoms with Gasteiger partial charge >= 0.3 is 0 Å². The molecule has 0 bridgehead atoms. The highest BCUT2D eigenvalue weighted by atomic mass is 35.5. The maximum atomic E-state index is 11.9. The number of hydrogen-bond acceptors (Lipinski definition) is 4. The van der Waals surface area contributed by atoms with E-state index in [0.717, 1.165) is 23.6 Å². The molecule has 22 heavy (non-hydrogen) atoms. The molecule has 0 radical (unpaired) electrons. The zero-order chi connectivity index (χ0) is 15.1. The molecule has 1 fully saturated rings. The third-order valence-corrected chi connectivity index (χ3v) is 4.16. The number of benzene rings is 1. The van der Waals surface area contributed by atoms with Gasteiger partial charge in [-0.3, -0.25) is 14.9 Å². The largest absolute Gasteiger partial charge is 0.352 e. The quantitative estimate of drug-likeness (QED) is 0.732. The lowest BCUT2D eigenvalue weighted by atomic mass is 10.1. The molecule has 5 nitrogen and oxygen atoms in total. The molecule has 1 aromatic rings. The van der Waals surface area contributed by atoms with E-state index in [0.29, 0.717) is 18.7 Å². The van der Waals surface area contributed by atoms with Gasteiger partial charge in [-0.1, -0.05) is 19.1 Å². The molecule has 1 aliphatic heterocycles. The molecule has 1 heterocycles. The Labute approximate surface area is 141 Å². The highest BCUT2D eigenvalue weighted by molar-refractivity contribution is 7.99. The van der Waals surface area contributed by atoms with Crippen LogP contribution in [0.15, 0.2) is 24.3 Å². The van der Waals surface area contributed by atoms with Crippen LogP contribution in [0, 0.1) is 0 Å². The first-order chi connectivity index (χ1) is 10.2. The van der Waals surface area contributed by atoms with Crippen LogP contribution in [-0.4, -0.2) is 36.0 Å². The van der Waals surface area contributed by atoms with Crippen molar-refractivity contribution < 1.29 is 9.59 Å². The van der Waals surface area contributed by atoms with Crippen LogP contribution in [0.2, 0.25) is 0 Å². The number of nitrogens with one attached hydrogen (secondary N) is 3. The first-order valence-corrected chi connectivity index (χ1v) is 8.32. The normalized spacial score (nSPS) is 16.7. The summed E-state index contributed by atoms with van der Waals surface area (Å²) in [6.07, 6.45) is 0.911. The van der Waals surface area contributed by atoms with Gasteiger partial charge in [-0.2, -0.15) is 0 Å². The van der Waals surface area contributed by atoms with Crippen LogP contribution in [0.25, 0.3) is 0 Å². The minimum absolute atomic E-state index is 0. The second-order valence-corrected chi connectivity index (χ2v) is 5.98. The molecule has 1 aliphatic rings. The standard InChI is InChI=1S/C15H21N3O2S.ClH/c1-2-6-16-14(19)12-5-3-4-11(7-12)8-17-15(20)13-9-21-10-18-13;/h3-5,7,13,18H,2,6,8-10H2,1H3,(H,16,19)(H,17,20);1H. The van der Waals surface area contributed by atoms with Gasteiger partial charge in [-0.05, 0) is 24.1 Å². The summed E-state index contributed by atoms with van der Waals surface area (Å²) in [4.78, 5) is 23.8. The lowest BCUT2D eigenvalue weighted by molar-refractivity contribution is -0.122. The summed E-state index contributed by atoms with van der Waals surface area (Å²) in [6, 6.07) is 7.25. The van der Waals surface area contributed by atoms with Crippen molar-refractivity contribution in [3.63, 3.8) is 0 Å². The molecule has 0 aromatic heterocycles. The SMILES string of the molecule is CCCNC(=O)c1cccc(CNC(=O)C2CSCN2)c1.Cl. The fourth-order valence-corrected chi connectivity index (χ4v) is 2.98. The van der Waals surface area contributed by atoms with Gasteiger partial charge in [0.2, 0.25) is 5.91 Å². The molecule has 0 spiro atoms. The van der Waals surface area contributed by atoms with E-state index < -0.39 is 0 Å². The number of hydrogen-bond donors (Lipinski definition) is 3. The number of rotatable bonds is 6. The van der Waals surface area contributed by atoms with Gasteiger partial charge in [0.25, 0.3) is 5.91 Å². The number of carbonyl (C=O) groups excluding carboxylic acids is 2. The Balaban J connectivity index is 0.00000242. The molecule has 2 rings (SSSR count). The average molecular weight is 344 g/mol. The van der Waals surface area contributed by atoms with Crippen molar-refractivity contribution in [1.29, 1.82) is 0 Å². The molecule has 0 saturated carbocycles. The molecular formula is C15H22ClN3O2S. The molecule has 1 saturated heterocycles. The van der Waals surface area contributed by atoms with Crippen LogP contribution < -0.4 is 16.0 Å². The Morgan fingerprint density at radius 2 is 2.18 bits per heavy atom. The van der Waals surface area contributed by atoms with Gasteiger partial charge in [0.15, 0.2) is 0 Å². The van der Waals surface area contributed by atoms with Crippen molar-refractivity contribution in [3.8, 4) is 0 Å². The molecule has 122 valence electrons. The highest BCUT2D eigenvalue weighted by Crippen LogP contribution is 2.10. The second-order valence-electron chi connectivity index (χ2n) is 4.95. The molecular weight excluding hydrogens is 322 g/mol. The summed E-state index contributed by atoms with van der Waals surface area (Å²) in [5.74, 6) is 1.58. The van der Waals surface area contributed by atoms with Crippen LogP contribution in [0.5, 0.6) is 0 Å². The van der Waals surface area contributed by atoms with Crippen LogP contribution in [0.1, 0.15) is 29.3 Å². The lowest BCUT2D eigenvalue weighted by Gasteiger charge is -2.11. The Morgan fingerprint density at radius 1 is 1.36 bits per heavy atom. The van der Waals surface area contributed by atoms with Gasteiger partial charge in [-0.25, -0.2) is 0 Å². The first-order valence-electron chi connectivity index (χ1n) is 7.16. The van der Waals surface area contributed by atoms with E-state index in [-0.39, 0.29) is 30.3 Å². The van der Waals surface area contributed by atoms with Gasteiger partial charge in [0, 0.05) is 30.3 Å². The zero-order valence-electron chi connectivity index (χ0n) is 12.6. The van der Waals surface area contributed by atoms with Crippen molar-refractivity contribution in [3.05, 3.63) is 35.4 Å². The molecule has 2 amide bonds. The van der Waals surface area contributed by atoms with E-state index in [9.17, 15) is 9.59 Å². The Morgan fingerprint density at radius 3 is 2.86 bits per heavy atom. The predicted molar refractivity (Wildman–Crippen MR) is 92.4 cm³/mol. The third kappa shape index (κ3) is 5.51. The number of halogens is 1. The highest BCUT2D eigenvalue weighted by Gasteiger charge is 2.21. The summed E-state index contributed by atoms with van der Waals surface area (Å²) in [7, 11) is 0. The average Bonchev–Trinajstić information content (AvgIpc) is 3.05. The molecule has 3 N–H and O–H groups in total. The Bertz CT molecular complexity index is 507. The maximum Gasteiger partial charge on any atom is 0.251 e. The molecule has 1 aromatic carbocycles. The summed E-state index contributed by atoms with van der Waals surface area (Å²) in [5.41, 5.74) is 1.56. The molecule has 1 unspecified atom stereocenters. The number of amides is 2. The maximum absolute atomic E-state index is 11.9. The number of thioether (sulfide) groups is 1. The van der Waals surface area contributed by atoms with Gasteiger partial charge in [0.1, 0.15) is 0 Å². The summed E-state index contributed by atoms with van der Waals surface area (Å²) in [6.45, 7) is 3.13. The lowest BCUT2D eigenvalue weighted by Crippen LogP contribution is -2.41. The van der Waals surface area contributed by atoms with Gasteiger partial charge in [-0.15, -0.1) is 24.2 Å². The monoisotopic (exact) mass is 343 g/mol. The Hall–Kier alpha value is -1.24. The minimum Gasteiger partial charge on any atom is -0.352 e. The van der Waals surface area contributed by atoms with Crippen molar-refractivity contribution in [1.82, 2.24) is 16.0 Å². The summed E-state index contributed by atoms with van der Waals surface area (Å²) in [5, 5.41) is 8.88. The Kier molecular flexibility index (Phi) is 8.30. The van der Waals surface area contributed by atoms with Crippen molar-refractivity contribution in [2.24, 2.45) is 0 Å². The van der Waals surface area contributed by atoms with Crippen LogP contribution in [0.4, 0.5) is 0 Å². The zero-order valence-corrected chi connectivity index (χ0v) is 14.2. The van der Waals surface area contributed by atoms with Crippen molar-refractivity contribution >= 4 is 36.0 Å². The van der Waals surface area contributed by atoms with Crippen LogP contribution in [-0.2, 0) is 11.3 Å². The van der Waals surface area contributed by atoms with Gasteiger partial charge < -0.3 is 10.6 Å².